The van der Waals surface area contributed by atoms with E-state index in [1.165, 1.54) is 6.07 Å². The highest BCUT2D eigenvalue weighted by Gasteiger charge is 2.33. The van der Waals surface area contributed by atoms with Crippen LogP contribution in [0.25, 0.3) is 0 Å². The second-order valence-electron chi connectivity index (χ2n) is 7.32. The van der Waals surface area contributed by atoms with Gasteiger partial charge in [-0.25, -0.2) is 0 Å². The summed E-state index contributed by atoms with van der Waals surface area (Å²) in [4.78, 5) is 13.7. The fourth-order valence-corrected chi connectivity index (χ4v) is 3.93. The van der Waals surface area contributed by atoms with E-state index in [0.29, 0.717) is 25.7 Å². The summed E-state index contributed by atoms with van der Waals surface area (Å²) in [5, 5.41) is 0. The summed E-state index contributed by atoms with van der Waals surface area (Å²) in [6.07, 6.45) is -1.46. The minimum Gasteiger partial charge on any atom is -0.493 e. The minimum absolute atomic E-state index is 0.00924. The van der Waals surface area contributed by atoms with Crippen LogP contribution in [0, 0.1) is 11.8 Å². The average Bonchev–Trinajstić information content (AvgIpc) is 2.62. The number of hydrogen-bond donors (Lipinski definition) is 0. The van der Waals surface area contributed by atoms with Gasteiger partial charge in [-0.1, -0.05) is 22.9 Å². The van der Waals surface area contributed by atoms with Crippen LogP contribution >= 0.6 is 15.9 Å². The first-order valence-corrected chi connectivity index (χ1v) is 10.4. The smallest absolute Gasteiger partial charge is 0.417 e. The minimum atomic E-state index is -4.42. The summed E-state index contributed by atoms with van der Waals surface area (Å²) in [6, 6.07) is 3.94. The zero-order valence-electron chi connectivity index (χ0n) is 16.2. The number of alkyl halides is 3. The number of carbonyl (C=O) groups excluding carboxylic acids is 1. The summed E-state index contributed by atoms with van der Waals surface area (Å²) >= 11 is 2.93. The second kappa shape index (κ2) is 10.5. The molecule has 1 atom stereocenters. The molecule has 0 radical (unpaired) electrons. The predicted molar refractivity (Wildman–Crippen MR) is 104 cm³/mol. The molecule has 0 spiro atoms. The van der Waals surface area contributed by atoms with Gasteiger partial charge in [-0.15, -0.1) is 0 Å². The number of esters is 1. The number of rotatable bonds is 8. The van der Waals surface area contributed by atoms with Crippen molar-refractivity contribution >= 4 is 21.9 Å². The zero-order valence-corrected chi connectivity index (χ0v) is 17.8. The predicted octanol–water partition coefficient (Wildman–Crippen LogP) is 5.15. The molecule has 0 unspecified atom stereocenters. The van der Waals surface area contributed by atoms with Crippen LogP contribution in [-0.2, 0) is 15.7 Å². The first-order chi connectivity index (χ1) is 13.2. The number of hydrogen-bond acceptors (Lipinski definition) is 4. The molecule has 0 saturated carbocycles. The largest absolute Gasteiger partial charge is 0.493 e. The lowest BCUT2D eigenvalue weighted by Gasteiger charge is -2.32. The van der Waals surface area contributed by atoms with E-state index in [9.17, 15) is 18.0 Å². The molecule has 1 aliphatic heterocycles. The Labute approximate surface area is 172 Å². The summed E-state index contributed by atoms with van der Waals surface area (Å²) in [7, 11) is 0. The van der Waals surface area contributed by atoms with Crippen LogP contribution in [0.1, 0.15) is 38.7 Å². The van der Waals surface area contributed by atoms with E-state index in [1.54, 1.807) is 13.0 Å². The molecular formula is C20H27BrF3NO3. The topological polar surface area (TPSA) is 38.8 Å². The van der Waals surface area contributed by atoms with Crippen molar-refractivity contribution in [1.82, 2.24) is 4.90 Å². The van der Waals surface area contributed by atoms with Gasteiger partial charge >= 0.3 is 12.1 Å². The van der Waals surface area contributed by atoms with Crippen molar-refractivity contribution in [2.45, 2.75) is 39.3 Å². The van der Waals surface area contributed by atoms with E-state index in [1.807, 2.05) is 0 Å². The van der Waals surface area contributed by atoms with E-state index in [-0.39, 0.29) is 22.1 Å². The summed E-state index contributed by atoms with van der Waals surface area (Å²) in [6.45, 7) is 6.68. The van der Waals surface area contributed by atoms with Crippen LogP contribution < -0.4 is 4.74 Å². The molecule has 8 heteroatoms. The van der Waals surface area contributed by atoms with Gasteiger partial charge in [-0.3, -0.25) is 9.69 Å². The van der Waals surface area contributed by atoms with Crippen LogP contribution in [0.2, 0.25) is 0 Å². The highest BCUT2D eigenvalue weighted by atomic mass is 79.9. The molecule has 0 aliphatic carbocycles. The van der Waals surface area contributed by atoms with Gasteiger partial charge in [0.2, 0.25) is 0 Å². The summed E-state index contributed by atoms with van der Waals surface area (Å²) in [5.74, 6) is 0.814. The molecular weight excluding hydrogens is 439 g/mol. The number of halogens is 4. The van der Waals surface area contributed by atoms with Gasteiger partial charge < -0.3 is 9.47 Å². The van der Waals surface area contributed by atoms with Crippen LogP contribution in [0.3, 0.4) is 0 Å². The lowest BCUT2D eigenvalue weighted by molar-refractivity contribution is -0.144. The van der Waals surface area contributed by atoms with Crippen LogP contribution in [-0.4, -0.2) is 43.7 Å². The van der Waals surface area contributed by atoms with Gasteiger partial charge in [-0.2, -0.15) is 13.2 Å². The molecule has 2 rings (SSSR count). The maximum atomic E-state index is 13.0. The number of likely N-dealkylation sites (tertiary alicyclic amines) is 1. The molecule has 1 heterocycles. The van der Waals surface area contributed by atoms with Crippen molar-refractivity contribution < 1.29 is 27.4 Å². The van der Waals surface area contributed by atoms with Gasteiger partial charge in [0, 0.05) is 4.47 Å². The monoisotopic (exact) mass is 465 g/mol. The molecule has 1 aromatic carbocycles. The fraction of sp³-hybridized carbons (Fsp3) is 0.650. The number of piperidine rings is 1. The highest BCUT2D eigenvalue weighted by molar-refractivity contribution is 9.10. The third kappa shape index (κ3) is 7.28. The summed E-state index contributed by atoms with van der Waals surface area (Å²) in [5.41, 5.74) is -0.730. The Morgan fingerprint density at radius 1 is 1.32 bits per heavy atom. The third-order valence-electron chi connectivity index (χ3n) is 4.88. The maximum absolute atomic E-state index is 13.0. The Morgan fingerprint density at radius 2 is 2.00 bits per heavy atom. The molecule has 0 N–H and O–H groups in total. The quantitative estimate of drug-likeness (QED) is 0.497. The Morgan fingerprint density at radius 3 is 2.61 bits per heavy atom. The Hall–Kier alpha value is -1.28. The first-order valence-electron chi connectivity index (χ1n) is 9.56. The number of carbonyl (C=O) groups is 1. The molecule has 0 amide bonds. The lowest BCUT2D eigenvalue weighted by atomic mass is 9.88. The van der Waals surface area contributed by atoms with Crippen molar-refractivity contribution in [2.75, 3.05) is 32.8 Å². The van der Waals surface area contributed by atoms with Crippen molar-refractivity contribution in [2.24, 2.45) is 11.8 Å². The van der Waals surface area contributed by atoms with E-state index < -0.39 is 11.7 Å². The second-order valence-corrected chi connectivity index (χ2v) is 8.17. The molecule has 4 nitrogen and oxygen atoms in total. The van der Waals surface area contributed by atoms with E-state index in [2.05, 4.69) is 27.8 Å². The fourth-order valence-electron chi connectivity index (χ4n) is 3.46. The number of benzene rings is 1. The Kier molecular flexibility index (Phi) is 8.61. The number of nitrogens with zero attached hydrogens (tertiary/aromatic N) is 1. The molecule has 158 valence electrons. The van der Waals surface area contributed by atoms with Crippen molar-refractivity contribution in [1.29, 1.82) is 0 Å². The normalized spacial score (nSPS) is 17.4. The van der Waals surface area contributed by atoms with Gasteiger partial charge in [-0.05, 0) is 69.3 Å². The van der Waals surface area contributed by atoms with Gasteiger partial charge in [0.05, 0.1) is 25.3 Å². The van der Waals surface area contributed by atoms with Gasteiger partial charge in [0.1, 0.15) is 5.75 Å². The third-order valence-corrected chi connectivity index (χ3v) is 5.57. The van der Waals surface area contributed by atoms with E-state index in [4.69, 9.17) is 9.47 Å². The molecule has 28 heavy (non-hydrogen) atoms. The first kappa shape index (κ1) is 23.0. The number of ether oxygens (including phenoxy) is 2. The Bertz CT molecular complexity index is 646. The molecule has 1 fully saturated rings. The molecule has 1 aromatic rings. The van der Waals surface area contributed by atoms with Gasteiger partial charge in [0.15, 0.2) is 0 Å². The Balaban J connectivity index is 1.75. The van der Waals surface area contributed by atoms with Crippen LogP contribution in [0.4, 0.5) is 13.2 Å². The van der Waals surface area contributed by atoms with E-state index >= 15 is 0 Å². The van der Waals surface area contributed by atoms with E-state index in [0.717, 1.165) is 38.4 Å². The standard InChI is InChI=1S/C20H27BrF3NO3/c1-3-27-19(26)12-25-8-6-15(7-9-25)10-14(2)13-28-16-4-5-18(21)17(11-16)20(22,23)24/h4-5,11,14-15H,3,6-10,12-13H2,1-2H3/t14-/m0/s1. The molecule has 1 aliphatic rings. The average molecular weight is 466 g/mol. The molecule has 0 bridgehead atoms. The molecule has 0 aromatic heterocycles. The molecule has 1 saturated heterocycles. The van der Waals surface area contributed by atoms with Crippen molar-refractivity contribution in [3.8, 4) is 5.75 Å². The summed E-state index contributed by atoms with van der Waals surface area (Å²) < 4.78 is 49.5. The lowest BCUT2D eigenvalue weighted by Crippen LogP contribution is -2.38. The highest BCUT2D eigenvalue weighted by Crippen LogP contribution is 2.37. The van der Waals surface area contributed by atoms with Crippen molar-refractivity contribution in [3.63, 3.8) is 0 Å². The van der Waals surface area contributed by atoms with Crippen LogP contribution in [0.15, 0.2) is 22.7 Å². The van der Waals surface area contributed by atoms with Crippen molar-refractivity contribution in [3.05, 3.63) is 28.2 Å². The van der Waals surface area contributed by atoms with Gasteiger partial charge in [0.25, 0.3) is 0 Å². The maximum Gasteiger partial charge on any atom is 0.417 e. The SMILES string of the molecule is CCOC(=O)CN1CCC(C[C@H](C)COc2ccc(Br)c(C(F)(F)F)c2)CC1. The van der Waals surface area contributed by atoms with Crippen LogP contribution in [0.5, 0.6) is 5.75 Å². The zero-order chi connectivity index (χ0) is 20.7.